The second-order valence-corrected chi connectivity index (χ2v) is 9.55. The van der Waals surface area contributed by atoms with Crippen LogP contribution >= 0.6 is 0 Å². The maximum atomic E-state index is 14.1. The van der Waals surface area contributed by atoms with Gasteiger partial charge in [0.2, 0.25) is 5.91 Å². The number of aliphatic hydroxyl groups is 1. The molecule has 1 aromatic rings. The van der Waals surface area contributed by atoms with Crippen LogP contribution in [0.5, 0.6) is 5.75 Å². The van der Waals surface area contributed by atoms with Crippen LogP contribution in [0.4, 0.5) is 0 Å². The fourth-order valence-corrected chi connectivity index (χ4v) is 6.21. The predicted octanol–water partition coefficient (Wildman–Crippen LogP) is -3.76. The maximum Gasteiger partial charge on any atom is 0.235 e. The molecule has 0 heterocycles. The summed E-state index contributed by atoms with van der Waals surface area (Å²) in [5.74, 6) is -11.5. The van der Waals surface area contributed by atoms with Gasteiger partial charge in [0.1, 0.15) is 11.7 Å². The van der Waals surface area contributed by atoms with E-state index in [9.17, 15) is 39.4 Å². The number of aromatic hydroxyl groups is 1. The first kappa shape index (κ1) is 24.6. The van der Waals surface area contributed by atoms with Crippen molar-refractivity contribution in [2.45, 2.75) is 29.3 Å². The molecule has 0 spiro atoms. The van der Waals surface area contributed by atoms with E-state index in [1.54, 1.807) is 0 Å². The summed E-state index contributed by atoms with van der Waals surface area (Å²) in [6.45, 7) is 0. The number of primary amides is 1. The second kappa shape index (κ2) is 7.23. The first-order valence-corrected chi connectivity index (χ1v) is 10.5. The molecule has 184 valence electrons. The zero-order chi connectivity index (χ0) is 26.4. The van der Waals surface area contributed by atoms with Gasteiger partial charge in [0, 0.05) is 0 Å². The number of Topliss-reactive ketones (excluding diaryl/α,β-unsaturated/α-hetero) is 4. The van der Waals surface area contributed by atoms with Gasteiger partial charge in [-0.2, -0.15) is 5.26 Å². The Morgan fingerprint density at radius 3 is 2.26 bits per heavy atom. The Morgan fingerprint density at radius 2 is 1.74 bits per heavy atom. The van der Waals surface area contributed by atoms with Gasteiger partial charge in [0.15, 0.2) is 34.5 Å². The molecular weight excluding hydrogens is 460 g/mol. The van der Waals surface area contributed by atoms with Crippen LogP contribution < -0.4 is 22.9 Å². The van der Waals surface area contributed by atoms with E-state index >= 15 is 0 Å². The standard InChI is InChI=1S/C22H24N6O7/c1-28(2)15-13(31)10(18(25)34)16(32)20(6-23)17(33)11-12(30)9-7(4-3-5-8(9)29)14(24)21(11,26)19(35)22(15,20)27/h3-5,10-11,14-15,19,29,35H,24,26-27H2,1-2H3,(H2,25,34)/t10?,11?,14?,15-,19+,20+,21-,22+/m1/s1. The molecule has 8 atom stereocenters. The van der Waals surface area contributed by atoms with Crippen molar-refractivity contribution in [3.8, 4) is 11.8 Å². The largest absolute Gasteiger partial charge is 0.507 e. The summed E-state index contributed by atoms with van der Waals surface area (Å²) in [5.41, 5.74) is 16.2. The van der Waals surface area contributed by atoms with E-state index in [4.69, 9.17) is 22.9 Å². The van der Waals surface area contributed by atoms with Crippen molar-refractivity contribution in [3.05, 3.63) is 29.3 Å². The minimum Gasteiger partial charge on any atom is -0.507 e. The van der Waals surface area contributed by atoms with Crippen molar-refractivity contribution in [3.63, 3.8) is 0 Å². The maximum absolute atomic E-state index is 14.1. The zero-order valence-electron chi connectivity index (χ0n) is 18.8. The zero-order valence-corrected chi connectivity index (χ0v) is 18.8. The molecule has 13 heteroatoms. The highest BCUT2D eigenvalue weighted by atomic mass is 16.3. The van der Waals surface area contributed by atoms with Crippen molar-refractivity contribution >= 4 is 29.0 Å². The molecule has 0 aliphatic heterocycles. The molecule has 3 aliphatic carbocycles. The first-order valence-electron chi connectivity index (χ1n) is 10.5. The van der Waals surface area contributed by atoms with Gasteiger partial charge in [0.05, 0.1) is 40.9 Å². The summed E-state index contributed by atoms with van der Waals surface area (Å²) in [6, 6.07) is 2.15. The van der Waals surface area contributed by atoms with Crippen LogP contribution in [0.1, 0.15) is 22.0 Å². The number of phenols is 1. The summed E-state index contributed by atoms with van der Waals surface area (Å²) < 4.78 is 0. The Bertz CT molecular complexity index is 1270. The Hall–Kier alpha value is -3.54. The number of hydrogen-bond donors (Lipinski definition) is 6. The van der Waals surface area contributed by atoms with Crippen molar-refractivity contribution in [1.29, 1.82) is 5.26 Å². The van der Waals surface area contributed by atoms with Crippen LogP contribution in [0.15, 0.2) is 18.2 Å². The Morgan fingerprint density at radius 1 is 1.14 bits per heavy atom. The number of benzene rings is 1. The average molecular weight is 484 g/mol. The van der Waals surface area contributed by atoms with E-state index in [0.717, 1.165) is 4.90 Å². The lowest BCUT2D eigenvalue weighted by Crippen LogP contribution is -2.92. The number of amides is 1. The van der Waals surface area contributed by atoms with Crippen LogP contribution in [0.25, 0.3) is 0 Å². The van der Waals surface area contributed by atoms with Crippen molar-refractivity contribution in [2.75, 3.05) is 14.1 Å². The van der Waals surface area contributed by atoms with E-state index in [-0.39, 0.29) is 11.1 Å². The number of ketones is 4. The summed E-state index contributed by atoms with van der Waals surface area (Å²) >= 11 is 0. The Balaban J connectivity index is 2.13. The number of likely N-dealkylation sites (N-methyl/N-ethyl adjacent to an activating group) is 1. The SMILES string of the molecule is CN(C)[C@@H]1C(=O)C(C(N)=O)C(=O)[C@@]2(C#N)C(=O)C3C(=O)c4c(O)cccc4C(N)[C@@]3(N)[C@H](O)[C@@]12N. The highest BCUT2D eigenvalue weighted by molar-refractivity contribution is 6.33. The molecule has 3 aliphatic rings. The highest BCUT2D eigenvalue weighted by Crippen LogP contribution is 2.58. The number of phenolic OH excluding ortho intramolecular Hbond substituents is 1. The van der Waals surface area contributed by atoms with E-state index in [0.29, 0.717) is 0 Å². The van der Waals surface area contributed by atoms with Crippen LogP contribution in [0, 0.1) is 28.6 Å². The molecule has 0 saturated heterocycles. The normalized spacial score (nSPS) is 40.6. The summed E-state index contributed by atoms with van der Waals surface area (Å²) in [7, 11) is 2.64. The number of aliphatic hydroxyl groups excluding tert-OH is 1. The minimum atomic E-state index is -3.07. The molecule has 2 fully saturated rings. The molecule has 13 nitrogen and oxygen atoms in total. The second-order valence-electron chi connectivity index (χ2n) is 9.55. The Kier molecular flexibility index (Phi) is 5.08. The lowest BCUT2D eigenvalue weighted by atomic mass is 9.41. The molecule has 35 heavy (non-hydrogen) atoms. The van der Waals surface area contributed by atoms with Gasteiger partial charge in [-0.05, 0) is 25.7 Å². The lowest BCUT2D eigenvalue weighted by molar-refractivity contribution is -0.181. The number of fused-ring (bicyclic) bond motifs is 3. The molecule has 0 aromatic heterocycles. The molecule has 10 N–H and O–H groups in total. The monoisotopic (exact) mass is 484 g/mol. The van der Waals surface area contributed by atoms with E-state index in [2.05, 4.69) is 0 Å². The molecular formula is C22H24N6O7. The number of nitriles is 1. The fourth-order valence-electron chi connectivity index (χ4n) is 6.21. The predicted molar refractivity (Wildman–Crippen MR) is 116 cm³/mol. The molecule has 2 saturated carbocycles. The average Bonchev–Trinajstić information content (AvgIpc) is 2.76. The summed E-state index contributed by atoms with van der Waals surface area (Å²) in [4.78, 5) is 67.8. The van der Waals surface area contributed by atoms with E-state index in [1.807, 2.05) is 0 Å². The van der Waals surface area contributed by atoms with Crippen molar-refractivity contribution < 1.29 is 34.2 Å². The quantitative estimate of drug-likeness (QED) is 0.221. The van der Waals surface area contributed by atoms with Gasteiger partial charge in [-0.15, -0.1) is 0 Å². The fraction of sp³-hybridized carbons (Fsp3) is 0.455. The number of rotatable bonds is 2. The third kappa shape index (κ3) is 2.44. The van der Waals surface area contributed by atoms with Gasteiger partial charge >= 0.3 is 0 Å². The number of carbonyl (C=O) groups is 5. The Labute approximate surface area is 198 Å². The van der Waals surface area contributed by atoms with Crippen LogP contribution in [0.3, 0.4) is 0 Å². The third-order valence-corrected chi connectivity index (χ3v) is 7.77. The number of nitrogens with two attached hydrogens (primary N) is 4. The van der Waals surface area contributed by atoms with Crippen LogP contribution in [-0.4, -0.2) is 81.5 Å². The van der Waals surface area contributed by atoms with Crippen molar-refractivity contribution in [2.24, 2.45) is 40.2 Å². The third-order valence-electron chi connectivity index (χ3n) is 7.77. The molecule has 1 amide bonds. The molecule has 0 radical (unpaired) electrons. The molecule has 3 unspecified atom stereocenters. The number of nitrogens with zero attached hydrogens (tertiary/aromatic N) is 2. The smallest absolute Gasteiger partial charge is 0.235 e. The summed E-state index contributed by atoms with van der Waals surface area (Å²) in [5, 5.41) is 32.3. The molecule has 4 rings (SSSR count). The minimum absolute atomic E-state index is 0.00136. The molecule has 0 bridgehead atoms. The highest BCUT2D eigenvalue weighted by Gasteiger charge is 2.83. The van der Waals surface area contributed by atoms with E-state index < -0.39 is 81.3 Å². The van der Waals surface area contributed by atoms with Gasteiger partial charge in [-0.1, -0.05) is 12.1 Å². The van der Waals surface area contributed by atoms with Crippen molar-refractivity contribution in [1.82, 2.24) is 4.90 Å². The molecule has 1 aromatic carbocycles. The topological polar surface area (TPSA) is 257 Å². The van der Waals surface area contributed by atoms with E-state index in [1.165, 1.54) is 38.4 Å². The summed E-state index contributed by atoms with van der Waals surface area (Å²) in [6.07, 6.45) is -2.26. The van der Waals surface area contributed by atoms with Gasteiger partial charge in [-0.25, -0.2) is 0 Å². The van der Waals surface area contributed by atoms with Gasteiger partial charge in [0.25, 0.3) is 0 Å². The lowest BCUT2D eigenvalue weighted by Gasteiger charge is -2.64. The van der Waals surface area contributed by atoms with Crippen LogP contribution in [-0.2, 0) is 19.2 Å². The number of hydrogen-bond acceptors (Lipinski definition) is 12. The van der Waals surface area contributed by atoms with Gasteiger partial charge in [-0.3, -0.25) is 28.9 Å². The van der Waals surface area contributed by atoms with Crippen LogP contribution in [0.2, 0.25) is 0 Å². The number of carbonyl (C=O) groups excluding carboxylic acids is 5. The first-order chi connectivity index (χ1) is 16.2. The van der Waals surface area contributed by atoms with Gasteiger partial charge < -0.3 is 33.1 Å².